The summed E-state index contributed by atoms with van der Waals surface area (Å²) in [7, 11) is 3.14. The van der Waals surface area contributed by atoms with Gasteiger partial charge in [-0.15, -0.1) is 5.10 Å². The van der Waals surface area contributed by atoms with E-state index in [1.54, 1.807) is 32.4 Å². The molecular weight excluding hydrogens is 295 g/mol. The van der Waals surface area contributed by atoms with Gasteiger partial charge in [0.1, 0.15) is 11.5 Å². The molecule has 0 atom stereocenters. The predicted molar refractivity (Wildman–Crippen MR) is 88.4 cm³/mol. The lowest BCUT2D eigenvalue weighted by Gasteiger charge is -2.17. The average Bonchev–Trinajstić information content (AvgIpc) is 2.73. The topological polar surface area (TPSA) is 43.2 Å². The van der Waals surface area contributed by atoms with Crippen LogP contribution in [0.1, 0.15) is 23.6 Å². The van der Waals surface area contributed by atoms with Crippen LogP contribution in [0.2, 0.25) is 0 Å². The van der Waals surface area contributed by atoms with Crippen molar-refractivity contribution < 1.29 is 13.9 Å². The maximum Gasteiger partial charge on any atom is 0.170 e. The standard InChI is InChI=1S/C18H17FN2O2/c1-11-10-12-8-9-15(22-2)18(23-3)16(12)17(21-20-11)13-6-4-5-7-14(13)19/h4-9H,10H2,1-3H3. The smallest absolute Gasteiger partial charge is 0.170 e. The van der Waals surface area contributed by atoms with Gasteiger partial charge in [0.25, 0.3) is 0 Å². The molecule has 0 amide bonds. The van der Waals surface area contributed by atoms with Gasteiger partial charge >= 0.3 is 0 Å². The third-order valence-electron chi connectivity index (χ3n) is 3.76. The molecule has 2 aromatic rings. The highest BCUT2D eigenvalue weighted by Crippen LogP contribution is 2.37. The zero-order valence-electron chi connectivity index (χ0n) is 13.3. The van der Waals surface area contributed by atoms with Crippen molar-refractivity contribution in [3.05, 3.63) is 58.9 Å². The molecule has 0 aliphatic carbocycles. The highest BCUT2D eigenvalue weighted by molar-refractivity contribution is 6.17. The fourth-order valence-electron chi connectivity index (χ4n) is 2.71. The molecule has 23 heavy (non-hydrogen) atoms. The van der Waals surface area contributed by atoms with Gasteiger partial charge in [-0.1, -0.05) is 18.2 Å². The summed E-state index contributed by atoms with van der Waals surface area (Å²) >= 11 is 0. The number of nitrogens with zero attached hydrogens (tertiary/aromatic N) is 2. The fraction of sp³-hybridized carbons (Fsp3) is 0.222. The van der Waals surface area contributed by atoms with Crippen LogP contribution >= 0.6 is 0 Å². The molecule has 0 unspecified atom stereocenters. The maximum absolute atomic E-state index is 14.3. The Bertz CT molecular complexity index is 813. The van der Waals surface area contributed by atoms with Crippen molar-refractivity contribution in [1.29, 1.82) is 0 Å². The van der Waals surface area contributed by atoms with E-state index >= 15 is 0 Å². The van der Waals surface area contributed by atoms with Gasteiger partial charge in [-0.2, -0.15) is 5.10 Å². The maximum atomic E-state index is 14.3. The summed E-state index contributed by atoms with van der Waals surface area (Å²) in [5, 5.41) is 8.50. The molecule has 5 heteroatoms. The number of fused-ring (bicyclic) bond motifs is 1. The van der Waals surface area contributed by atoms with Crippen LogP contribution < -0.4 is 9.47 Å². The average molecular weight is 312 g/mol. The quantitative estimate of drug-likeness (QED) is 0.869. The first-order chi connectivity index (χ1) is 11.2. The number of halogens is 1. The first kappa shape index (κ1) is 15.2. The first-order valence-electron chi connectivity index (χ1n) is 7.26. The van der Waals surface area contributed by atoms with Crippen molar-refractivity contribution in [1.82, 2.24) is 0 Å². The van der Waals surface area contributed by atoms with E-state index in [0.717, 1.165) is 16.8 Å². The summed E-state index contributed by atoms with van der Waals surface area (Å²) in [4.78, 5) is 0. The summed E-state index contributed by atoms with van der Waals surface area (Å²) in [5.74, 6) is 0.767. The fourth-order valence-corrected chi connectivity index (χ4v) is 2.71. The van der Waals surface area contributed by atoms with E-state index in [9.17, 15) is 4.39 Å². The molecule has 0 fully saturated rings. The number of ether oxygens (including phenoxy) is 2. The van der Waals surface area contributed by atoms with E-state index < -0.39 is 0 Å². The van der Waals surface area contributed by atoms with Crippen LogP contribution in [-0.4, -0.2) is 25.6 Å². The molecule has 4 nitrogen and oxygen atoms in total. The zero-order chi connectivity index (χ0) is 16.4. The summed E-state index contributed by atoms with van der Waals surface area (Å²) in [5.41, 5.74) is 3.38. The van der Waals surface area contributed by atoms with Crippen LogP contribution in [0.15, 0.2) is 46.6 Å². The molecule has 0 aromatic heterocycles. The third-order valence-corrected chi connectivity index (χ3v) is 3.76. The van der Waals surface area contributed by atoms with Crippen molar-refractivity contribution in [2.75, 3.05) is 14.2 Å². The normalized spacial score (nSPS) is 13.6. The second-order valence-corrected chi connectivity index (χ2v) is 5.28. The van der Waals surface area contributed by atoms with E-state index in [2.05, 4.69) is 10.2 Å². The van der Waals surface area contributed by atoms with E-state index in [-0.39, 0.29) is 5.82 Å². The molecule has 0 radical (unpaired) electrons. The molecule has 0 spiro atoms. The van der Waals surface area contributed by atoms with Gasteiger partial charge in [0, 0.05) is 17.7 Å². The molecule has 118 valence electrons. The van der Waals surface area contributed by atoms with Crippen molar-refractivity contribution in [3.63, 3.8) is 0 Å². The van der Waals surface area contributed by atoms with Crippen LogP contribution in [0, 0.1) is 5.82 Å². The number of rotatable bonds is 3. The van der Waals surface area contributed by atoms with E-state index in [1.807, 2.05) is 19.1 Å². The molecule has 0 bridgehead atoms. The van der Waals surface area contributed by atoms with Gasteiger partial charge in [0.05, 0.1) is 19.8 Å². The Hall–Kier alpha value is -2.69. The number of hydrogen-bond donors (Lipinski definition) is 0. The van der Waals surface area contributed by atoms with Crippen molar-refractivity contribution in [2.45, 2.75) is 13.3 Å². The highest BCUT2D eigenvalue weighted by atomic mass is 19.1. The Morgan fingerprint density at radius 2 is 1.78 bits per heavy atom. The Labute approximate surface area is 134 Å². The Kier molecular flexibility index (Phi) is 4.10. The van der Waals surface area contributed by atoms with Crippen LogP contribution in [-0.2, 0) is 6.42 Å². The van der Waals surface area contributed by atoms with E-state index in [4.69, 9.17) is 9.47 Å². The molecule has 0 N–H and O–H groups in total. The zero-order valence-corrected chi connectivity index (χ0v) is 13.3. The third kappa shape index (κ3) is 2.70. The van der Waals surface area contributed by atoms with Crippen molar-refractivity contribution in [2.24, 2.45) is 10.2 Å². The van der Waals surface area contributed by atoms with Gasteiger partial charge in [-0.05, 0) is 30.7 Å². The molecule has 2 aromatic carbocycles. The SMILES string of the molecule is COc1ccc2c(c1OC)C(c1ccccc1F)=NN=C(C)C2. The second-order valence-electron chi connectivity index (χ2n) is 5.28. The monoisotopic (exact) mass is 312 g/mol. The highest BCUT2D eigenvalue weighted by Gasteiger charge is 2.24. The van der Waals surface area contributed by atoms with Gasteiger partial charge in [0.15, 0.2) is 11.5 Å². The second kappa shape index (κ2) is 6.20. The van der Waals surface area contributed by atoms with Crippen LogP contribution in [0.3, 0.4) is 0 Å². The molecule has 3 rings (SSSR count). The minimum absolute atomic E-state index is 0.350. The summed E-state index contributed by atoms with van der Waals surface area (Å²) in [6, 6.07) is 10.3. The van der Waals surface area contributed by atoms with Crippen molar-refractivity contribution >= 4 is 11.4 Å². The van der Waals surface area contributed by atoms with Gasteiger partial charge < -0.3 is 9.47 Å². The lowest BCUT2D eigenvalue weighted by molar-refractivity contribution is 0.354. The van der Waals surface area contributed by atoms with Gasteiger partial charge in [-0.3, -0.25) is 0 Å². The van der Waals surface area contributed by atoms with Crippen molar-refractivity contribution in [3.8, 4) is 11.5 Å². The minimum atomic E-state index is -0.350. The van der Waals surface area contributed by atoms with E-state index in [1.165, 1.54) is 6.07 Å². The summed E-state index contributed by atoms with van der Waals surface area (Å²) in [6.45, 7) is 1.90. The Morgan fingerprint density at radius 3 is 2.48 bits per heavy atom. The Balaban J connectivity index is 2.32. The molecule has 0 saturated heterocycles. The Morgan fingerprint density at radius 1 is 1.00 bits per heavy atom. The number of methoxy groups -OCH3 is 2. The largest absolute Gasteiger partial charge is 0.493 e. The molecule has 1 aliphatic rings. The first-order valence-corrected chi connectivity index (χ1v) is 7.26. The van der Waals surface area contributed by atoms with Crippen LogP contribution in [0.25, 0.3) is 0 Å². The molecule has 0 saturated carbocycles. The van der Waals surface area contributed by atoms with Gasteiger partial charge in [-0.25, -0.2) is 4.39 Å². The van der Waals surface area contributed by atoms with Crippen LogP contribution in [0.5, 0.6) is 11.5 Å². The molecule has 1 heterocycles. The lowest BCUT2D eigenvalue weighted by atomic mass is 9.93. The number of benzene rings is 2. The molecular formula is C18H17FN2O2. The minimum Gasteiger partial charge on any atom is -0.493 e. The van der Waals surface area contributed by atoms with E-state index in [0.29, 0.717) is 29.2 Å². The lowest BCUT2D eigenvalue weighted by Crippen LogP contribution is -2.11. The summed E-state index contributed by atoms with van der Waals surface area (Å²) in [6.07, 6.45) is 0.622. The van der Waals surface area contributed by atoms with Crippen LogP contribution in [0.4, 0.5) is 4.39 Å². The van der Waals surface area contributed by atoms with Gasteiger partial charge in [0.2, 0.25) is 0 Å². The molecule has 1 aliphatic heterocycles. The number of hydrogen-bond acceptors (Lipinski definition) is 4. The summed E-state index contributed by atoms with van der Waals surface area (Å²) < 4.78 is 25.2. The predicted octanol–water partition coefficient (Wildman–Crippen LogP) is 3.61.